The summed E-state index contributed by atoms with van der Waals surface area (Å²) >= 11 is 0. The Balaban J connectivity index is -0.0000000309. The van der Waals surface area contributed by atoms with Crippen molar-refractivity contribution in [1.82, 2.24) is 0 Å². The molecule has 0 saturated heterocycles. The van der Waals surface area contributed by atoms with Gasteiger partial charge in [0.15, 0.2) is 0 Å². The van der Waals surface area contributed by atoms with Crippen LogP contribution in [0.25, 0.3) is 0 Å². The molecule has 0 N–H and O–H groups in total. The zero-order valence-corrected chi connectivity index (χ0v) is 20.4. The fourth-order valence-corrected chi connectivity index (χ4v) is 2.99. The second-order valence-corrected chi connectivity index (χ2v) is 5.38. The average Bonchev–Trinajstić information content (AvgIpc) is 2.99. The molecule has 0 bridgehead atoms. The van der Waals surface area contributed by atoms with E-state index in [-0.39, 0.29) is 42.1 Å². The third-order valence-corrected chi connectivity index (χ3v) is 4.43. The molecule has 0 fully saturated rings. The van der Waals surface area contributed by atoms with Gasteiger partial charge in [0.05, 0.1) is 0 Å². The summed E-state index contributed by atoms with van der Waals surface area (Å²) in [5.41, 5.74) is 0. The van der Waals surface area contributed by atoms with Crippen molar-refractivity contribution >= 4 is 18.5 Å². The fourth-order valence-electron chi connectivity index (χ4n) is 1.45. The van der Waals surface area contributed by atoms with E-state index in [4.69, 9.17) is 41.9 Å². The molecule has 0 saturated carbocycles. The monoisotopic (exact) mass is 562 g/mol. The predicted molar refractivity (Wildman–Crippen MR) is 100 cm³/mol. The maximum absolute atomic E-state index is 7.50. The van der Waals surface area contributed by atoms with Crippen molar-refractivity contribution in [2.75, 3.05) is 6.66 Å². The van der Waals surface area contributed by atoms with Crippen molar-refractivity contribution in [3.05, 3.63) is 121 Å². The van der Waals surface area contributed by atoms with E-state index in [9.17, 15) is 0 Å². The van der Waals surface area contributed by atoms with Gasteiger partial charge in [0.2, 0.25) is 0 Å². The van der Waals surface area contributed by atoms with Gasteiger partial charge in [0, 0.05) is 34.1 Å². The predicted octanol–water partition coefficient (Wildman–Crippen LogP) is 2.41. The summed E-state index contributed by atoms with van der Waals surface area (Å²) in [6.07, 6.45) is 0. The molecule has 2 aromatic carbocycles. The Morgan fingerprint density at radius 3 is 0.676 bits per heavy atom. The average molecular weight is 562 g/mol. The van der Waals surface area contributed by atoms with Gasteiger partial charge >= 0.3 is 102 Å². The minimum absolute atomic E-state index is 0. The van der Waals surface area contributed by atoms with Gasteiger partial charge < -0.3 is 0 Å². The number of hydrogen-bond donors (Lipinski definition) is 0. The van der Waals surface area contributed by atoms with Crippen molar-refractivity contribution in [2.24, 2.45) is 0 Å². The molecule has 34 heavy (non-hydrogen) atoms. The van der Waals surface area contributed by atoms with Crippen LogP contribution in [0.3, 0.4) is 0 Å². The van der Waals surface area contributed by atoms with Crippen molar-refractivity contribution in [3.8, 4) is 0 Å². The summed E-state index contributed by atoms with van der Waals surface area (Å²) in [6.45, 7) is 42.8. The molecule has 0 aliphatic carbocycles. The summed E-state index contributed by atoms with van der Waals surface area (Å²) < 4.78 is 67.5. The Morgan fingerprint density at radius 1 is 0.382 bits per heavy atom. The van der Waals surface area contributed by atoms with E-state index in [0.29, 0.717) is 0 Å². The molecule has 9 nitrogen and oxygen atoms in total. The summed E-state index contributed by atoms with van der Waals surface area (Å²) in [7, 11) is -0.171. The summed E-state index contributed by atoms with van der Waals surface area (Å²) in [5.74, 6) is 0. The Bertz CT molecular complexity index is 640. The second kappa shape index (κ2) is 97.4. The molecule has 2 aromatic rings. The fraction of sp³-hybridized carbons (Fsp3) is 0.0455. The van der Waals surface area contributed by atoms with Crippen LogP contribution in [0.2, 0.25) is 0 Å². The summed E-state index contributed by atoms with van der Waals surface area (Å²) in [4.78, 5) is 0. The van der Waals surface area contributed by atoms with Crippen molar-refractivity contribution in [1.29, 1.82) is 0 Å². The molecule has 2 rings (SSSR count). The van der Waals surface area contributed by atoms with Crippen LogP contribution in [0.1, 0.15) is 0 Å². The van der Waals surface area contributed by atoms with Gasteiger partial charge in [-0.05, 0) is 25.2 Å². The van der Waals surface area contributed by atoms with Crippen LogP contribution >= 0.6 is 7.92 Å². The molecular weight excluding hydrogens is 549 g/mol. The smallest absolute Gasteiger partial charge is 0 e. The van der Waals surface area contributed by atoms with Crippen LogP contribution in [0, 0.1) is 59.9 Å². The number of rotatable bonds is 2. The minimum Gasteiger partial charge on any atom is 0 e. The molecule has 0 atom stereocenters. The molecule has 174 valence electrons. The van der Waals surface area contributed by atoms with Gasteiger partial charge in [0.1, 0.15) is 0 Å². The van der Waals surface area contributed by atoms with E-state index >= 15 is 0 Å². The SMILES string of the molecule is CP(c1ccccc1)c1ccccc1.[C-]#[O+].[C-]#[O+].[C-]#[O+].[C-]#[O+].[C-]#[O+].[C-]#[O+].[C-]#[O+].[C-]#[O+].[C-]#[O+].[Mn].[Mn]. The molecule has 0 aliphatic heterocycles. The van der Waals surface area contributed by atoms with Gasteiger partial charge in [-0.3, -0.25) is 0 Å². The van der Waals surface area contributed by atoms with Crippen molar-refractivity contribution in [3.63, 3.8) is 0 Å². The summed E-state index contributed by atoms with van der Waals surface area (Å²) in [6, 6.07) is 21.4. The van der Waals surface area contributed by atoms with E-state index in [0.717, 1.165) is 0 Å². The largest absolute Gasteiger partial charge is 0 e. The number of benzene rings is 2. The topological polar surface area (TPSA) is 179 Å². The Hall–Kier alpha value is -2.43. The van der Waals surface area contributed by atoms with Gasteiger partial charge in [-0.15, -0.1) is 0 Å². The van der Waals surface area contributed by atoms with Gasteiger partial charge in [0.25, 0.3) is 0 Å². The maximum atomic E-state index is 7.50. The normalized spacial score (nSPS) is 4.82. The van der Waals surface area contributed by atoms with E-state index in [1.165, 1.54) is 10.6 Å². The summed E-state index contributed by atoms with van der Waals surface area (Å²) in [5, 5.41) is 2.88. The maximum Gasteiger partial charge on any atom is 0 e. The first-order valence-electron chi connectivity index (χ1n) is 6.55. The first-order chi connectivity index (χ1) is 15.9. The Labute approximate surface area is 221 Å². The standard InChI is InChI=1S/C13H13P.9CO.2Mn/c1-14(12-8-4-2-5-9-12)13-10-6-3-7-11-13;9*1-2;;/h2-11H,1H3;;;;;;;;;;;. The van der Waals surface area contributed by atoms with Crippen molar-refractivity contribution < 1.29 is 76.0 Å². The van der Waals surface area contributed by atoms with Crippen molar-refractivity contribution in [2.45, 2.75) is 0 Å². The zero-order chi connectivity index (χ0) is 27.8. The van der Waals surface area contributed by atoms with E-state index in [1.807, 2.05) is 0 Å². The van der Waals surface area contributed by atoms with Crippen LogP contribution in [0.5, 0.6) is 0 Å². The first-order valence-corrected chi connectivity index (χ1v) is 8.34. The van der Waals surface area contributed by atoms with Crippen LogP contribution in [0.15, 0.2) is 60.7 Å². The van der Waals surface area contributed by atoms with Crippen LogP contribution in [-0.4, -0.2) is 6.66 Å². The molecule has 2 radical (unpaired) electrons. The van der Waals surface area contributed by atoms with Gasteiger partial charge in [-0.2, -0.15) is 0 Å². The van der Waals surface area contributed by atoms with Gasteiger partial charge in [-0.1, -0.05) is 60.7 Å². The Morgan fingerprint density at radius 2 is 0.529 bits per heavy atom. The minimum atomic E-state index is -0.171. The second-order valence-electron chi connectivity index (χ2n) is 3.23. The molecule has 0 unspecified atom stereocenters. The quantitative estimate of drug-likeness (QED) is 0.226. The Kier molecular flexibility index (Phi) is 182. The van der Waals surface area contributed by atoms with Gasteiger partial charge in [-0.25, -0.2) is 0 Å². The molecular formula is C22H13Mn2O9P. The van der Waals surface area contributed by atoms with E-state index in [1.54, 1.807) is 0 Å². The third-order valence-electron chi connectivity index (χ3n) is 2.29. The number of hydrogen-bond acceptors (Lipinski definition) is 0. The molecule has 0 spiro atoms. The molecule has 0 amide bonds. The molecule has 12 heteroatoms. The van der Waals surface area contributed by atoms with Crippen LogP contribution in [0.4, 0.5) is 0 Å². The van der Waals surface area contributed by atoms with E-state index in [2.05, 4.69) is 127 Å². The third kappa shape index (κ3) is 51.9. The van der Waals surface area contributed by atoms with Crippen LogP contribution < -0.4 is 10.6 Å². The van der Waals surface area contributed by atoms with E-state index < -0.39 is 0 Å². The van der Waals surface area contributed by atoms with Crippen LogP contribution in [-0.2, 0) is 76.0 Å². The molecule has 0 aliphatic rings. The molecule has 0 heterocycles. The molecule has 0 aromatic heterocycles. The first kappa shape index (κ1) is 63.4. The zero-order valence-electron chi connectivity index (χ0n) is 17.2.